The molecule has 2 N–H and O–H groups in total. The fraction of sp³-hybridized carbons (Fsp3) is 0.379. The normalized spacial score (nSPS) is 18.0. The van der Waals surface area contributed by atoms with Gasteiger partial charge in [0, 0.05) is 31.0 Å². The van der Waals surface area contributed by atoms with Gasteiger partial charge < -0.3 is 19.9 Å². The lowest BCUT2D eigenvalue weighted by Crippen LogP contribution is -2.41. The number of hydrogen-bond donors (Lipinski definition) is 1. The van der Waals surface area contributed by atoms with Crippen LogP contribution in [0.3, 0.4) is 0 Å². The van der Waals surface area contributed by atoms with Gasteiger partial charge in [-0.25, -0.2) is 8.42 Å². The second-order valence-electron chi connectivity index (χ2n) is 10.4. The standard InChI is InChI=1S/C29H29Cl2F2N3O6S/c30-22-14-35-15-23(31)21(22)13-26(18-5-10-25(42-29(32)33)27(12-18)40-16-17-3-4-17)41-28(37)24-2-1-11-36(24)43(38,39)20-8-6-19(34)7-9-20/h5-10,12,14-15,17,24,26,29H,1-4,11,13,16,34H2. The van der Waals surface area contributed by atoms with E-state index in [0.29, 0.717) is 35.8 Å². The number of pyridine rings is 1. The molecule has 2 aliphatic rings. The molecule has 2 heterocycles. The number of carbonyl (C=O) groups excluding carboxylic acids is 1. The van der Waals surface area contributed by atoms with Crippen molar-refractivity contribution in [1.82, 2.24) is 9.29 Å². The molecule has 0 spiro atoms. The number of aromatic nitrogens is 1. The third-order valence-electron chi connectivity index (χ3n) is 7.29. The lowest BCUT2D eigenvalue weighted by atomic mass is 10.0. The third-order valence-corrected chi connectivity index (χ3v) is 9.86. The Morgan fingerprint density at radius 2 is 1.74 bits per heavy atom. The van der Waals surface area contributed by atoms with E-state index >= 15 is 0 Å². The number of alkyl halides is 2. The lowest BCUT2D eigenvalue weighted by molar-refractivity contribution is -0.153. The first kappa shape index (κ1) is 31.2. The van der Waals surface area contributed by atoms with E-state index in [4.69, 9.17) is 38.4 Å². The maximum absolute atomic E-state index is 13.7. The van der Waals surface area contributed by atoms with Crippen LogP contribution in [0.15, 0.2) is 59.8 Å². The van der Waals surface area contributed by atoms with Gasteiger partial charge in [-0.15, -0.1) is 0 Å². The maximum atomic E-state index is 13.7. The molecule has 0 amide bonds. The Morgan fingerprint density at radius 3 is 2.40 bits per heavy atom. The number of ether oxygens (including phenoxy) is 3. The Kier molecular flexibility index (Phi) is 9.60. The van der Waals surface area contributed by atoms with Crippen molar-refractivity contribution >= 4 is 44.9 Å². The molecule has 2 atom stereocenters. The number of sulfonamides is 1. The second kappa shape index (κ2) is 13.2. The Labute approximate surface area is 257 Å². The zero-order chi connectivity index (χ0) is 30.7. The smallest absolute Gasteiger partial charge is 0.387 e. The van der Waals surface area contributed by atoms with Gasteiger partial charge in [0.25, 0.3) is 0 Å². The first-order valence-corrected chi connectivity index (χ1v) is 15.8. The summed E-state index contributed by atoms with van der Waals surface area (Å²) in [6.45, 7) is -2.64. The average Bonchev–Trinajstić information content (AvgIpc) is 3.65. The molecule has 5 rings (SSSR count). The van der Waals surface area contributed by atoms with Crippen LogP contribution in [0, 0.1) is 5.92 Å². The monoisotopic (exact) mass is 655 g/mol. The highest BCUT2D eigenvalue weighted by Crippen LogP contribution is 2.38. The number of nitrogens with zero attached hydrogens (tertiary/aromatic N) is 2. The molecule has 1 aliphatic carbocycles. The molecule has 230 valence electrons. The van der Waals surface area contributed by atoms with E-state index in [1.165, 1.54) is 54.9 Å². The third kappa shape index (κ3) is 7.49. The van der Waals surface area contributed by atoms with Crippen LogP contribution >= 0.6 is 23.2 Å². The van der Waals surface area contributed by atoms with Crippen molar-refractivity contribution < 1.29 is 36.2 Å². The van der Waals surface area contributed by atoms with E-state index in [2.05, 4.69) is 9.72 Å². The van der Waals surface area contributed by atoms with Crippen LogP contribution < -0.4 is 15.2 Å². The summed E-state index contributed by atoms with van der Waals surface area (Å²) in [5.41, 5.74) is 6.93. The minimum atomic E-state index is -4.04. The molecular weight excluding hydrogens is 627 g/mol. The fourth-order valence-electron chi connectivity index (χ4n) is 4.83. The molecule has 1 saturated carbocycles. The number of nitrogen functional groups attached to an aromatic ring is 1. The zero-order valence-corrected chi connectivity index (χ0v) is 25.1. The summed E-state index contributed by atoms with van der Waals surface area (Å²) in [5, 5.41) is 0.453. The second-order valence-corrected chi connectivity index (χ2v) is 13.1. The number of benzene rings is 2. The Balaban J connectivity index is 1.46. The van der Waals surface area contributed by atoms with Crippen LogP contribution in [-0.4, -0.2) is 49.5 Å². The highest BCUT2D eigenvalue weighted by molar-refractivity contribution is 7.89. The van der Waals surface area contributed by atoms with E-state index < -0.39 is 34.7 Å². The Hall–Kier alpha value is -3.19. The van der Waals surface area contributed by atoms with Crippen molar-refractivity contribution in [3.63, 3.8) is 0 Å². The molecule has 0 radical (unpaired) electrons. The zero-order valence-electron chi connectivity index (χ0n) is 22.8. The minimum Gasteiger partial charge on any atom is -0.489 e. The summed E-state index contributed by atoms with van der Waals surface area (Å²) in [4.78, 5) is 17.6. The topological polar surface area (TPSA) is 121 Å². The van der Waals surface area contributed by atoms with Gasteiger partial charge in [-0.3, -0.25) is 9.78 Å². The summed E-state index contributed by atoms with van der Waals surface area (Å²) < 4.78 is 70.7. The molecule has 2 fully saturated rings. The van der Waals surface area contributed by atoms with Crippen LogP contribution in [-0.2, 0) is 26.0 Å². The first-order chi connectivity index (χ1) is 20.5. The van der Waals surface area contributed by atoms with Gasteiger partial charge in [0.2, 0.25) is 10.0 Å². The fourth-order valence-corrected chi connectivity index (χ4v) is 6.99. The molecular formula is C29H29Cl2F2N3O6S. The van der Waals surface area contributed by atoms with Gasteiger partial charge in [-0.05, 0) is 79.1 Å². The van der Waals surface area contributed by atoms with Crippen molar-refractivity contribution in [2.24, 2.45) is 5.92 Å². The molecule has 1 aromatic heterocycles. The molecule has 2 aromatic carbocycles. The number of hydrogen-bond acceptors (Lipinski definition) is 8. The number of esters is 1. The predicted octanol–water partition coefficient (Wildman–Crippen LogP) is 6.04. The van der Waals surface area contributed by atoms with Crippen LogP contribution in [0.2, 0.25) is 10.0 Å². The maximum Gasteiger partial charge on any atom is 0.387 e. The van der Waals surface area contributed by atoms with Crippen molar-refractivity contribution in [2.75, 3.05) is 18.9 Å². The SMILES string of the molecule is Nc1ccc(S(=O)(=O)N2CCCC2C(=O)OC(Cc2c(Cl)cncc2Cl)c2ccc(OC(F)F)c(OCC3CC3)c2)cc1. The molecule has 3 aromatic rings. The predicted molar refractivity (Wildman–Crippen MR) is 156 cm³/mol. The summed E-state index contributed by atoms with van der Waals surface area (Å²) in [7, 11) is -4.04. The van der Waals surface area contributed by atoms with Gasteiger partial charge in [-0.1, -0.05) is 29.3 Å². The number of carbonyl (C=O) groups is 1. The van der Waals surface area contributed by atoms with Gasteiger partial charge >= 0.3 is 12.6 Å². The molecule has 1 saturated heterocycles. The summed E-state index contributed by atoms with van der Waals surface area (Å²) >= 11 is 12.8. The van der Waals surface area contributed by atoms with E-state index in [-0.39, 0.29) is 45.8 Å². The largest absolute Gasteiger partial charge is 0.489 e. The van der Waals surface area contributed by atoms with Gasteiger partial charge in [0.1, 0.15) is 12.1 Å². The quantitative estimate of drug-likeness (QED) is 0.185. The van der Waals surface area contributed by atoms with Crippen molar-refractivity contribution in [2.45, 2.75) is 55.8 Å². The van der Waals surface area contributed by atoms with Crippen LogP contribution in [0.1, 0.15) is 42.9 Å². The number of anilines is 1. The highest BCUT2D eigenvalue weighted by Gasteiger charge is 2.41. The summed E-state index contributed by atoms with van der Waals surface area (Å²) in [6.07, 6.45) is 4.36. The average molecular weight is 657 g/mol. The first-order valence-electron chi connectivity index (χ1n) is 13.6. The molecule has 43 heavy (non-hydrogen) atoms. The van der Waals surface area contributed by atoms with Crippen LogP contribution in [0.4, 0.5) is 14.5 Å². The van der Waals surface area contributed by atoms with Gasteiger partial charge in [0.15, 0.2) is 11.5 Å². The van der Waals surface area contributed by atoms with Crippen molar-refractivity contribution in [3.05, 3.63) is 76.0 Å². The molecule has 0 bridgehead atoms. The van der Waals surface area contributed by atoms with Crippen LogP contribution in [0.5, 0.6) is 11.5 Å². The minimum absolute atomic E-state index is 0.000344. The molecule has 1 aliphatic heterocycles. The Bertz CT molecular complexity index is 1550. The molecule has 14 heteroatoms. The van der Waals surface area contributed by atoms with E-state index in [1.807, 2.05) is 0 Å². The van der Waals surface area contributed by atoms with Gasteiger partial charge in [-0.2, -0.15) is 13.1 Å². The number of nitrogens with two attached hydrogens (primary N) is 1. The van der Waals surface area contributed by atoms with Crippen LogP contribution in [0.25, 0.3) is 0 Å². The molecule has 9 nitrogen and oxygen atoms in total. The van der Waals surface area contributed by atoms with E-state index in [9.17, 15) is 22.0 Å². The highest BCUT2D eigenvalue weighted by atomic mass is 35.5. The van der Waals surface area contributed by atoms with Gasteiger partial charge in [0.05, 0.1) is 21.5 Å². The van der Waals surface area contributed by atoms with E-state index in [1.54, 1.807) is 0 Å². The Morgan fingerprint density at radius 1 is 1.05 bits per heavy atom. The van der Waals surface area contributed by atoms with E-state index in [0.717, 1.165) is 17.1 Å². The number of rotatable bonds is 12. The lowest BCUT2D eigenvalue weighted by Gasteiger charge is -2.26. The summed E-state index contributed by atoms with van der Waals surface area (Å²) in [6, 6.07) is 8.87. The summed E-state index contributed by atoms with van der Waals surface area (Å²) in [5.74, 6) is -0.564. The number of halogens is 4. The van der Waals surface area contributed by atoms with Crippen molar-refractivity contribution in [1.29, 1.82) is 0 Å². The van der Waals surface area contributed by atoms with Crippen molar-refractivity contribution in [3.8, 4) is 11.5 Å². The molecule has 2 unspecified atom stereocenters.